The number of fused-ring (bicyclic) bond motifs is 1. The number of nitrogens with zero attached hydrogens (tertiary/aromatic N) is 3. The number of rotatable bonds is 11. The number of amides is 2. The molecule has 3 aromatic rings. The molecule has 2 amide bonds. The fraction of sp³-hybridized carbons (Fsp3) is 0.360. The lowest BCUT2D eigenvalue weighted by Crippen LogP contribution is -2.36. The Kier molecular flexibility index (Phi) is 9.24. The van der Waals surface area contributed by atoms with E-state index in [0.717, 1.165) is 5.56 Å². The van der Waals surface area contributed by atoms with E-state index >= 15 is 0 Å². The zero-order valence-corrected chi connectivity index (χ0v) is 20.6. The second-order valence-corrected chi connectivity index (χ2v) is 8.81. The number of anilines is 1. The summed E-state index contributed by atoms with van der Waals surface area (Å²) < 4.78 is 7.00. The Bertz CT molecular complexity index is 1190. The summed E-state index contributed by atoms with van der Waals surface area (Å²) in [7, 11) is 1.58. The van der Waals surface area contributed by atoms with Gasteiger partial charge < -0.3 is 15.0 Å². The van der Waals surface area contributed by atoms with Gasteiger partial charge in [-0.2, -0.15) is 0 Å². The number of thioether (sulfide) groups is 1. The molecule has 0 aliphatic carbocycles. The van der Waals surface area contributed by atoms with Gasteiger partial charge in [-0.25, -0.2) is 4.98 Å². The maximum absolute atomic E-state index is 13.1. The van der Waals surface area contributed by atoms with Gasteiger partial charge in [0.2, 0.25) is 11.8 Å². The molecule has 180 valence electrons. The predicted molar refractivity (Wildman–Crippen MR) is 135 cm³/mol. The first-order valence-electron chi connectivity index (χ1n) is 11.2. The molecule has 1 N–H and O–H groups in total. The lowest BCUT2D eigenvalue weighted by Gasteiger charge is -2.18. The number of aryl methyl sites for hydroxylation is 1. The van der Waals surface area contributed by atoms with Gasteiger partial charge in [-0.3, -0.25) is 19.0 Å². The zero-order chi connectivity index (χ0) is 24.5. The summed E-state index contributed by atoms with van der Waals surface area (Å²) in [5, 5.41) is 3.81. The van der Waals surface area contributed by atoms with Crippen LogP contribution in [-0.4, -0.2) is 58.8 Å². The summed E-state index contributed by atoms with van der Waals surface area (Å²) in [5.41, 5.74) is 2.24. The quantitative estimate of drug-likeness (QED) is 0.256. The van der Waals surface area contributed by atoms with Gasteiger partial charge in [-0.05, 0) is 44.5 Å². The van der Waals surface area contributed by atoms with Crippen molar-refractivity contribution < 1.29 is 14.3 Å². The number of hydrogen-bond donors (Lipinski definition) is 1. The number of para-hydroxylation sites is 1. The lowest BCUT2D eigenvalue weighted by atomic mass is 10.2. The maximum atomic E-state index is 13.1. The largest absolute Gasteiger partial charge is 0.382 e. The van der Waals surface area contributed by atoms with Crippen LogP contribution in [0.25, 0.3) is 10.9 Å². The monoisotopic (exact) mass is 482 g/mol. The number of carbonyl (C=O) groups excluding carboxylic acids is 2. The molecular formula is C25H30N4O4S. The molecule has 0 fully saturated rings. The van der Waals surface area contributed by atoms with Gasteiger partial charge in [-0.1, -0.05) is 41.6 Å². The van der Waals surface area contributed by atoms with E-state index in [2.05, 4.69) is 10.3 Å². The van der Waals surface area contributed by atoms with Crippen molar-refractivity contribution in [2.75, 3.05) is 37.9 Å². The first-order valence-corrected chi connectivity index (χ1v) is 12.2. The molecule has 0 radical (unpaired) electrons. The number of likely N-dealkylation sites (N-methyl/N-ethyl adjacent to an activating group) is 1. The second-order valence-electron chi connectivity index (χ2n) is 7.87. The highest BCUT2D eigenvalue weighted by molar-refractivity contribution is 7.99. The zero-order valence-electron chi connectivity index (χ0n) is 19.7. The Morgan fingerprint density at radius 1 is 1.15 bits per heavy atom. The van der Waals surface area contributed by atoms with E-state index in [9.17, 15) is 14.4 Å². The van der Waals surface area contributed by atoms with Crippen molar-refractivity contribution in [1.82, 2.24) is 14.5 Å². The van der Waals surface area contributed by atoms with Crippen LogP contribution in [0.2, 0.25) is 0 Å². The molecule has 0 aliphatic rings. The van der Waals surface area contributed by atoms with Crippen LogP contribution in [0.3, 0.4) is 0 Å². The van der Waals surface area contributed by atoms with E-state index in [1.807, 2.05) is 50.2 Å². The van der Waals surface area contributed by atoms with Crippen molar-refractivity contribution in [3.63, 3.8) is 0 Å². The average molecular weight is 483 g/mol. The molecule has 2 aromatic carbocycles. The molecule has 9 heteroatoms. The lowest BCUT2D eigenvalue weighted by molar-refractivity contribution is -0.131. The van der Waals surface area contributed by atoms with E-state index < -0.39 is 0 Å². The fourth-order valence-corrected chi connectivity index (χ4v) is 4.27. The van der Waals surface area contributed by atoms with Gasteiger partial charge in [0.15, 0.2) is 5.16 Å². The molecule has 0 spiro atoms. The van der Waals surface area contributed by atoms with Gasteiger partial charge in [0.25, 0.3) is 5.56 Å². The van der Waals surface area contributed by atoms with Crippen molar-refractivity contribution >= 4 is 40.2 Å². The number of benzene rings is 2. The van der Waals surface area contributed by atoms with Crippen LogP contribution in [0, 0.1) is 6.92 Å². The highest BCUT2D eigenvalue weighted by atomic mass is 32.2. The summed E-state index contributed by atoms with van der Waals surface area (Å²) in [6, 6.07) is 14.6. The van der Waals surface area contributed by atoms with E-state index in [1.54, 1.807) is 23.7 Å². The van der Waals surface area contributed by atoms with Crippen LogP contribution in [0.4, 0.5) is 5.69 Å². The Labute approximate surface area is 203 Å². The number of aromatic nitrogens is 2. The van der Waals surface area contributed by atoms with Gasteiger partial charge in [0, 0.05) is 32.5 Å². The van der Waals surface area contributed by atoms with Crippen LogP contribution >= 0.6 is 11.8 Å². The minimum Gasteiger partial charge on any atom is -0.382 e. The minimum absolute atomic E-state index is 0.0601. The molecule has 8 nitrogen and oxygen atoms in total. The Morgan fingerprint density at radius 2 is 1.88 bits per heavy atom. The third kappa shape index (κ3) is 6.91. The molecule has 0 saturated carbocycles. The molecular weight excluding hydrogens is 452 g/mol. The number of ether oxygens (including phenoxy) is 1. The minimum atomic E-state index is -0.277. The molecule has 0 bridgehead atoms. The topological polar surface area (TPSA) is 93.5 Å². The number of nitrogens with one attached hydrogen (secondary N) is 1. The fourth-order valence-electron chi connectivity index (χ4n) is 3.30. The van der Waals surface area contributed by atoms with E-state index in [0.29, 0.717) is 47.9 Å². The molecule has 1 aromatic heterocycles. The van der Waals surface area contributed by atoms with Crippen molar-refractivity contribution in [3.05, 3.63) is 64.4 Å². The normalized spacial score (nSPS) is 10.9. The first kappa shape index (κ1) is 25.5. The van der Waals surface area contributed by atoms with E-state index in [-0.39, 0.29) is 29.7 Å². The maximum Gasteiger partial charge on any atom is 0.262 e. The van der Waals surface area contributed by atoms with E-state index in [1.165, 1.54) is 16.7 Å². The third-order valence-corrected chi connectivity index (χ3v) is 6.13. The number of carbonyl (C=O) groups is 2. The Hall–Kier alpha value is -3.17. The Balaban J connectivity index is 1.65. The van der Waals surface area contributed by atoms with Crippen molar-refractivity contribution in [3.8, 4) is 0 Å². The number of hydrogen-bond acceptors (Lipinski definition) is 6. The van der Waals surface area contributed by atoms with Crippen molar-refractivity contribution in [1.29, 1.82) is 0 Å². The SMILES string of the molecule is CCOCCCn1c(SCC(=O)N(C)CC(=O)Nc2ccc(C)cc2)nc2ccccc2c1=O. The third-order valence-electron chi connectivity index (χ3n) is 5.17. The molecule has 0 saturated heterocycles. The Morgan fingerprint density at radius 3 is 2.62 bits per heavy atom. The summed E-state index contributed by atoms with van der Waals surface area (Å²) >= 11 is 1.20. The van der Waals surface area contributed by atoms with Crippen LogP contribution in [0.1, 0.15) is 18.9 Å². The molecule has 0 atom stereocenters. The molecule has 0 unspecified atom stereocenters. The summed E-state index contributed by atoms with van der Waals surface area (Å²) in [5.74, 6) is -0.446. The summed E-state index contributed by atoms with van der Waals surface area (Å²) in [6.07, 6.45) is 0.661. The van der Waals surface area contributed by atoms with Gasteiger partial charge in [0.1, 0.15) is 0 Å². The van der Waals surface area contributed by atoms with Crippen LogP contribution in [-0.2, 0) is 20.9 Å². The van der Waals surface area contributed by atoms with Crippen molar-refractivity contribution in [2.24, 2.45) is 0 Å². The molecule has 1 heterocycles. The predicted octanol–water partition coefficient (Wildman–Crippen LogP) is 3.32. The highest BCUT2D eigenvalue weighted by Crippen LogP contribution is 2.19. The standard InChI is InChI=1S/C25H30N4O4S/c1-4-33-15-7-14-29-24(32)20-8-5-6-9-21(20)27-25(29)34-17-23(31)28(3)16-22(30)26-19-12-10-18(2)11-13-19/h5-6,8-13H,4,7,14-17H2,1-3H3,(H,26,30). The van der Waals surface area contributed by atoms with Gasteiger partial charge in [-0.15, -0.1) is 0 Å². The molecule has 34 heavy (non-hydrogen) atoms. The smallest absolute Gasteiger partial charge is 0.262 e. The second kappa shape index (κ2) is 12.3. The van der Waals surface area contributed by atoms with E-state index in [4.69, 9.17) is 4.74 Å². The summed E-state index contributed by atoms with van der Waals surface area (Å²) in [6.45, 7) is 5.43. The van der Waals surface area contributed by atoms with Gasteiger partial charge in [0.05, 0.1) is 23.2 Å². The van der Waals surface area contributed by atoms with Gasteiger partial charge >= 0.3 is 0 Å². The van der Waals surface area contributed by atoms with Crippen molar-refractivity contribution in [2.45, 2.75) is 32.0 Å². The van der Waals surface area contributed by atoms with Crippen LogP contribution in [0.5, 0.6) is 0 Å². The molecule has 3 rings (SSSR count). The highest BCUT2D eigenvalue weighted by Gasteiger charge is 2.17. The van der Waals surface area contributed by atoms with Crippen LogP contribution in [0.15, 0.2) is 58.5 Å². The summed E-state index contributed by atoms with van der Waals surface area (Å²) in [4.78, 5) is 44.1. The average Bonchev–Trinajstić information content (AvgIpc) is 2.83. The van der Waals surface area contributed by atoms with Crippen LogP contribution < -0.4 is 10.9 Å². The first-order chi connectivity index (χ1) is 16.4. The molecule has 0 aliphatic heterocycles.